The number of unbranched alkanes of at least 4 members (excludes halogenated alkanes) is 2. The molecule has 0 heteroatoms. The van der Waals surface area contributed by atoms with Crippen molar-refractivity contribution in [2.24, 2.45) is 0 Å². The molecule has 0 aliphatic rings. The molecule has 0 aromatic carbocycles. The Morgan fingerprint density at radius 1 is 1.22 bits per heavy atom. The minimum Gasteiger partial charge on any atom is -0.0891 e. The fourth-order valence-corrected chi connectivity index (χ4v) is 0.364. The van der Waals surface area contributed by atoms with Gasteiger partial charge in [-0.3, -0.25) is 0 Å². The zero-order chi connectivity index (χ0) is 6.95. The predicted octanol–water partition coefficient (Wildman–Crippen LogP) is 1.83. The van der Waals surface area contributed by atoms with E-state index < -0.39 is 0 Å². The van der Waals surface area contributed by atoms with Gasteiger partial charge >= 0.3 is 0 Å². The Labute approximate surface area is 57.7 Å². The summed E-state index contributed by atoms with van der Waals surface area (Å²) >= 11 is 0. The van der Waals surface area contributed by atoms with Crippen molar-refractivity contribution in [3.8, 4) is 23.7 Å². The Kier molecular flexibility index (Phi) is 6.42. The molecule has 0 nitrogen and oxygen atoms in total. The predicted molar refractivity (Wildman–Crippen MR) is 40.1 cm³/mol. The summed E-state index contributed by atoms with van der Waals surface area (Å²) in [6, 6.07) is 0. The van der Waals surface area contributed by atoms with Gasteiger partial charge in [0.2, 0.25) is 0 Å². The highest BCUT2D eigenvalue weighted by Gasteiger charge is 1.73. The molecule has 0 unspecified atom stereocenters. The molecular weight excluding hydrogens is 108 g/mol. The molecular formula is C9H10. The zero-order valence-corrected chi connectivity index (χ0v) is 5.54. The minimum atomic E-state index is 0.901. The van der Waals surface area contributed by atoms with Crippen LogP contribution >= 0.6 is 0 Å². The SMILES string of the molecule is [CH2]C#CC#CCCC[CH2]. The van der Waals surface area contributed by atoms with E-state index in [1.807, 2.05) is 0 Å². The molecule has 2 radical (unpaired) electrons. The van der Waals surface area contributed by atoms with Crippen molar-refractivity contribution in [2.45, 2.75) is 19.3 Å². The maximum atomic E-state index is 3.69. The van der Waals surface area contributed by atoms with E-state index in [-0.39, 0.29) is 0 Å². The van der Waals surface area contributed by atoms with E-state index in [4.69, 9.17) is 0 Å². The summed E-state index contributed by atoms with van der Waals surface area (Å²) in [6.07, 6.45) is 2.91. The van der Waals surface area contributed by atoms with E-state index in [1.54, 1.807) is 0 Å². The summed E-state index contributed by atoms with van der Waals surface area (Å²) < 4.78 is 0. The molecule has 0 saturated carbocycles. The van der Waals surface area contributed by atoms with Crippen molar-refractivity contribution >= 4 is 0 Å². The molecule has 0 rings (SSSR count). The van der Waals surface area contributed by atoms with Gasteiger partial charge in [0.05, 0.1) is 0 Å². The van der Waals surface area contributed by atoms with Gasteiger partial charge in [0, 0.05) is 13.3 Å². The topological polar surface area (TPSA) is 0 Å². The van der Waals surface area contributed by atoms with E-state index in [9.17, 15) is 0 Å². The van der Waals surface area contributed by atoms with Crippen LogP contribution in [0.3, 0.4) is 0 Å². The van der Waals surface area contributed by atoms with Crippen LogP contribution in [-0.4, -0.2) is 0 Å². The first-order chi connectivity index (χ1) is 4.41. The quantitative estimate of drug-likeness (QED) is 0.383. The van der Waals surface area contributed by atoms with Crippen molar-refractivity contribution in [2.75, 3.05) is 0 Å². The van der Waals surface area contributed by atoms with E-state index in [0.29, 0.717) is 0 Å². The molecule has 0 N–H and O–H groups in total. The number of rotatable bonds is 2. The molecule has 0 aliphatic heterocycles. The van der Waals surface area contributed by atoms with Crippen molar-refractivity contribution < 1.29 is 0 Å². The molecule has 0 spiro atoms. The third-order valence-electron chi connectivity index (χ3n) is 0.791. The Hall–Kier alpha value is -0.880. The van der Waals surface area contributed by atoms with Crippen LogP contribution < -0.4 is 0 Å². The van der Waals surface area contributed by atoms with Crippen LogP contribution in [0, 0.1) is 37.5 Å². The van der Waals surface area contributed by atoms with Crippen molar-refractivity contribution in [1.82, 2.24) is 0 Å². The van der Waals surface area contributed by atoms with Gasteiger partial charge in [0.15, 0.2) is 0 Å². The standard InChI is InChI=1S/C9H10/c1-3-5-7-9-8-6-4-2/h1-3,5,7H2. The summed E-state index contributed by atoms with van der Waals surface area (Å²) in [4.78, 5) is 0. The molecule has 9 heavy (non-hydrogen) atoms. The summed E-state index contributed by atoms with van der Waals surface area (Å²) in [5.74, 6) is 10.6. The zero-order valence-electron chi connectivity index (χ0n) is 5.54. The van der Waals surface area contributed by atoms with Gasteiger partial charge < -0.3 is 0 Å². The highest BCUT2D eigenvalue weighted by atomic mass is 13.8. The molecule has 0 atom stereocenters. The highest BCUT2D eigenvalue weighted by Crippen LogP contribution is 1.89. The van der Waals surface area contributed by atoms with Gasteiger partial charge in [0.25, 0.3) is 0 Å². The molecule has 0 amide bonds. The van der Waals surface area contributed by atoms with Gasteiger partial charge in [-0.2, -0.15) is 0 Å². The summed E-state index contributed by atoms with van der Waals surface area (Å²) in [5.41, 5.74) is 0. The van der Waals surface area contributed by atoms with Crippen LogP contribution in [0.5, 0.6) is 0 Å². The van der Waals surface area contributed by atoms with Crippen molar-refractivity contribution in [1.29, 1.82) is 0 Å². The average molecular weight is 118 g/mol. The first-order valence-corrected chi connectivity index (χ1v) is 2.96. The fourth-order valence-electron chi connectivity index (χ4n) is 0.364. The van der Waals surface area contributed by atoms with Crippen LogP contribution in [-0.2, 0) is 0 Å². The Morgan fingerprint density at radius 3 is 2.56 bits per heavy atom. The van der Waals surface area contributed by atoms with Gasteiger partial charge in [-0.05, 0) is 18.3 Å². The lowest BCUT2D eigenvalue weighted by Gasteiger charge is -1.80. The van der Waals surface area contributed by atoms with Crippen LogP contribution in [0.4, 0.5) is 0 Å². The molecule has 0 aromatic heterocycles. The van der Waals surface area contributed by atoms with Crippen LogP contribution in [0.2, 0.25) is 0 Å². The molecule has 0 saturated heterocycles. The molecule has 0 fully saturated rings. The largest absolute Gasteiger partial charge is 0.0891 e. The smallest absolute Gasteiger partial charge is 0.0209 e. The maximum Gasteiger partial charge on any atom is 0.0209 e. The van der Waals surface area contributed by atoms with Gasteiger partial charge in [0.1, 0.15) is 0 Å². The van der Waals surface area contributed by atoms with Crippen LogP contribution in [0.15, 0.2) is 0 Å². The maximum absolute atomic E-state index is 3.69. The average Bonchev–Trinajstić information content (AvgIpc) is 1.89. The van der Waals surface area contributed by atoms with Gasteiger partial charge in [-0.15, -0.1) is 0 Å². The molecule has 0 heterocycles. The second kappa shape index (κ2) is 7.12. The molecule has 0 aliphatic carbocycles. The van der Waals surface area contributed by atoms with Crippen molar-refractivity contribution in [3.05, 3.63) is 13.8 Å². The van der Waals surface area contributed by atoms with Gasteiger partial charge in [-0.25, -0.2) is 0 Å². The minimum absolute atomic E-state index is 0.901. The van der Waals surface area contributed by atoms with Crippen LogP contribution in [0.25, 0.3) is 0 Å². The second-order valence-corrected chi connectivity index (χ2v) is 1.56. The van der Waals surface area contributed by atoms with Crippen LogP contribution in [0.1, 0.15) is 19.3 Å². The molecule has 0 bridgehead atoms. The summed E-state index contributed by atoms with van der Waals surface area (Å²) in [5, 5.41) is 0. The Morgan fingerprint density at radius 2 is 2.00 bits per heavy atom. The summed E-state index contributed by atoms with van der Waals surface area (Å²) in [7, 11) is 0. The van der Waals surface area contributed by atoms with E-state index in [0.717, 1.165) is 19.3 Å². The highest BCUT2D eigenvalue weighted by molar-refractivity contribution is 5.26. The Balaban J connectivity index is 3.23. The third kappa shape index (κ3) is 7.12. The van der Waals surface area contributed by atoms with E-state index in [1.165, 1.54) is 0 Å². The number of hydrogen-bond donors (Lipinski definition) is 0. The fraction of sp³-hybridized carbons (Fsp3) is 0.333. The van der Waals surface area contributed by atoms with E-state index in [2.05, 4.69) is 37.5 Å². The molecule has 46 valence electrons. The first-order valence-electron chi connectivity index (χ1n) is 2.96. The van der Waals surface area contributed by atoms with Gasteiger partial charge in [-0.1, -0.05) is 25.2 Å². The lowest BCUT2D eigenvalue weighted by atomic mass is 10.2. The monoisotopic (exact) mass is 118 g/mol. The van der Waals surface area contributed by atoms with Crippen molar-refractivity contribution in [3.63, 3.8) is 0 Å². The normalized spacial score (nSPS) is 6.44. The number of hydrogen-bond acceptors (Lipinski definition) is 0. The molecule has 0 aromatic rings. The van der Waals surface area contributed by atoms with E-state index >= 15 is 0 Å². The first kappa shape index (κ1) is 8.12. The Bertz CT molecular complexity index is 156. The third-order valence-corrected chi connectivity index (χ3v) is 0.791. The lowest BCUT2D eigenvalue weighted by molar-refractivity contribution is 0.883. The second-order valence-electron chi connectivity index (χ2n) is 1.56. The lowest BCUT2D eigenvalue weighted by Crippen LogP contribution is -1.65. The summed E-state index contributed by atoms with van der Waals surface area (Å²) in [6.45, 7) is 7.01.